The van der Waals surface area contributed by atoms with Gasteiger partial charge in [-0.15, -0.1) is 14.7 Å². The summed E-state index contributed by atoms with van der Waals surface area (Å²) in [5.41, 5.74) is 0.598. The van der Waals surface area contributed by atoms with Crippen LogP contribution in [0.1, 0.15) is 5.56 Å². The molecule has 0 bridgehead atoms. The molecule has 0 aliphatic heterocycles. The third-order valence-electron chi connectivity index (χ3n) is 1.70. The van der Waals surface area contributed by atoms with Gasteiger partial charge in [0.2, 0.25) is 0 Å². The monoisotopic (exact) mass is 213 g/mol. The highest BCUT2D eigenvalue weighted by atomic mass is 32.3. The quantitative estimate of drug-likeness (QED) is 0.719. The summed E-state index contributed by atoms with van der Waals surface area (Å²) in [6.45, 7) is 1.65. The van der Waals surface area contributed by atoms with Gasteiger partial charge in [0.15, 0.2) is 10.6 Å². The second kappa shape index (κ2) is 4.05. The van der Waals surface area contributed by atoms with Crippen LogP contribution in [0.2, 0.25) is 0 Å². The third-order valence-corrected chi connectivity index (χ3v) is 3.37. The predicted octanol–water partition coefficient (Wildman–Crippen LogP) is 3.20. The van der Waals surface area contributed by atoms with Gasteiger partial charge >= 0.3 is 0 Å². The molecule has 0 aromatic heterocycles. The molecule has 0 heterocycles. The number of nitroso groups, excluding NO2 is 3. The van der Waals surface area contributed by atoms with E-state index in [2.05, 4.69) is 13.7 Å². The Morgan fingerprint density at radius 3 is 1.93 bits per heavy atom. The molecule has 1 aromatic carbocycles. The minimum Gasteiger partial charge on any atom is -0.135 e. The fraction of sp³-hybridized carbons (Fsp3) is 0.143. The first-order valence-corrected chi connectivity index (χ1v) is 5.13. The van der Waals surface area contributed by atoms with E-state index in [1.165, 1.54) is 6.07 Å². The largest absolute Gasteiger partial charge is 0.197 e. The molecule has 6 nitrogen and oxygen atoms in total. The van der Waals surface area contributed by atoms with Gasteiger partial charge in [-0.05, 0) is 18.6 Å². The highest BCUT2D eigenvalue weighted by Gasteiger charge is 2.32. The molecule has 0 saturated carbocycles. The zero-order chi connectivity index (χ0) is 10.6. The Morgan fingerprint density at radius 1 is 1.00 bits per heavy atom. The molecular formula is C7H7N3O3S. The normalized spacial score (nSPS) is 11.8. The average Bonchev–Trinajstić information content (AvgIpc) is 2.24. The van der Waals surface area contributed by atoms with Gasteiger partial charge in [0.1, 0.15) is 0 Å². The lowest BCUT2D eigenvalue weighted by Crippen LogP contribution is -1.91. The van der Waals surface area contributed by atoms with E-state index in [9.17, 15) is 14.7 Å². The van der Waals surface area contributed by atoms with Crippen LogP contribution >= 0.6 is 10.6 Å². The smallest absolute Gasteiger partial charge is 0.135 e. The average molecular weight is 213 g/mol. The van der Waals surface area contributed by atoms with Gasteiger partial charge in [-0.1, -0.05) is 18.2 Å². The zero-order valence-electron chi connectivity index (χ0n) is 7.28. The Morgan fingerprint density at radius 2 is 1.50 bits per heavy atom. The molecule has 14 heavy (non-hydrogen) atoms. The second-order valence-corrected chi connectivity index (χ2v) is 4.43. The molecule has 0 atom stereocenters. The lowest BCUT2D eigenvalue weighted by atomic mass is 10.2. The molecule has 0 unspecified atom stereocenters. The maximum absolute atomic E-state index is 10.4. The molecule has 0 saturated heterocycles. The van der Waals surface area contributed by atoms with Crippen molar-refractivity contribution in [3.8, 4) is 0 Å². The van der Waals surface area contributed by atoms with Crippen molar-refractivity contribution in [1.82, 2.24) is 0 Å². The molecule has 0 radical (unpaired) electrons. The Kier molecular flexibility index (Phi) is 3.03. The molecular weight excluding hydrogens is 206 g/mol. The van der Waals surface area contributed by atoms with Crippen molar-refractivity contribution in [1.29, 1.82) is 0 Å². The summed E-state index contributed by atoms with van der Waals surface area (Å²) in [5, 5.41) is 0. The number of aryl methyl sites for hydroxylation is 1. The summed E-state index contributed by atoms with van der Waals surface area (Å²) >= 11 is 0. The van der Waals surface area contributed by atoms with Crippen molar-refractivity contribution in [2.24, 2.45) is 13.7 Å². The van der Waals surface area contributed by atoms with Crippen LogP contribution in [-0.4, -0.2) is 0 Å². The van der Waals surface area contributed by atoms with Crippen molar-refractivity contribution >= 4 is 10.6 Å². The first kappa shape index (κ1) is 10.5. The molecule has 0 fully saturated rings. The zero-order valence-corrected chi connectivity index (χ0v) is 8.10. The number of nitrogens with zero attached hydrogens (tertiary/aromatic N) is 3. The van der Waals surface area contributed by atoms with Crippen LogP contribution in [0.15, 0.2) is 42.9 Å². The van der Waals surface area contributed by atoms with E-state index in [4.69, 9.17) is 0 Å². The summed E-state index contributed by atoms with van der Waals surface area (Å²) in [5.74, 6) is 0. The molecule has 74 valence electrons. The van der Waals surface area contributed by atoms with Gasteiger partial charge < -0.3 is 0 Å². The minimum absolute atomic E-state index is 0.194. The number of hydrogen-bond donors (Lipinski definition) is 0. The van der Waals surface area contributed by atoms with Crippen molar-refractivity contribution in [2.45, 2.75) is 11.8 Å². The molecule has 0 N–H and O–H groups in total. The highest BCUT2D eigenvalue weighted by Crippen LogP contribution is 2.60. The summed E-state index contributed by atoms with van der Waals surface area (Å²) < 4.78 is 7.39. The van der Waals surface area contributed by atoms with Crippen LogP contribution < -0.4 is 0 Å². The maximum Gasteiger partial charge on any atom is 0.197 e. The molecule has 0 amide bonds. The van der Waals surface area contributed by atoms with Gasteiger partial charge in [0, 0.05) is 13.7 Å². The van der Waals surface area contributed by atoms with Gasteiger partial charge in [0.25, 0.3) is 0 Å². The standard InChI is InChI=1S/C7H7N3O3S/c1-6-4-2-3-5-7(6)14(8-11,9-12)10-13/h2-5H,1H3. The van der Waals surface area contributed by atoms with Crippen LogP contribution in [0, 0.1) is 21.6 Å². The predicted molar refractivity (Wildman–Crippen MR) is 54.4 cm³/mol. The summed E-state index contributed by atoms with van der Waals surface area (Å²) in [4.78, 5) is 31.5. The molecule has 0 aliphatic carbocycles. The summed E-state index contributed by atoms with van der Waals surface area (Å²) in [6.07, 6.45) is 0. The van der Waals surface area contributed by atoms with Crippen LogP contribution in [-0.2, 0) is 0 Å². The number of rotatable bonds is 4. The van der Waals surface area contributed by atoms with E-state index < -0.39 is 10.6 Å². The summed E-state index contributed by atoms with van der Waals surface area (Å²) in [7, 11) is -3.31. The van der Waals surface area contributed by atoms with E-state index in [0.29, 0.717) is 5.56 Å². The Hall–Kier alpha value is -1.63. The van der Waals surface area contributed by atoms with Crippen LogP contribution in [0.25, 0.3) is 0 Å². The van der Waals surface area contributed by atoms with E-state index in [1.54, 1.807) is 25.1 Å². The fourth-order valence-corrected chi connectivity index (χ4v) is 2.11. The van der Waals surface area contributed by atoms with E-state index in [1.807, 2.05) is 0 Å². The van der Waals surface area contributed by atoms with E-state index >= 15 is 0 Å². The van der Waals surface area contributed by atoms with Crippen molar-refractivity contribution in [3.63, 3.8) is 0 Å². The Bertz CT molecular complexity index is 360. The van der Waals surface area contributed by atoms with Crippen LogP contribution in [0.4, 0.5) is 0 Å². The van der Waals surface area contributed by atoms with Gasteiger partial charge in [-0.2, -0.15) is 0 Å². The lowest BCUT2D eigenvalue weighted by Gasteiger charge is -2.15. The lowest BCUT2D eigenvalue weighted by molar-refractivity contribution is 1.26. The molecule has 1 rings (SSSR count). The first-order valence-electron chi connectivity index (χ1n) is 3.63. The molecule has 1 aromatic rings. The molecule has 0 aliphatic rings. The number of benzene rings is 1. The highest BCUT2D eigenvalue weighted by molar-refractivity contribution is 8.30. The van der Waals surface area contributed by atoms with E-state index in [0.717, 1.165) is 0 Å². The maximum atomic E-state index is 10.4. The summed E-state index contributed by atoms with van der Waals surface area (Å²) in [6, 6.07) is 6.41. The van der Waals surface area contributed by atoms with Crippen molar-refractivity contribution < 1.29 is 0 Å². The minimum atomic E-state index is -3.31. The molecule has 0 spiro atoms. The SMILES string of the molecule is Cc1ccccc1S(N=O)(N=O)N=O. The van der Waals surface area contributed by atoms with E-state index in [-0.39, 0.29) is 4.90 Å². The van der Waals surface area contributed by atoms with Gasteiger partial charge in [-0.3, -0.25) is 0 Å². The van der Waals surface area contributed by atoms with Crippen LogP contribution in [0.5, 0.6) is 0 Å². The second-order valence-electron chi connectivity index (χ2n) is 2.51. The Balaban J connectivity index is 3.38. The Labute approximate surface area is 81.3 Å². The van der Waals surface area contributed by atoms with Gasteiger partial charge in [0.05, 0.1) is 4.90 Å². The third kappa shape index (κ3) is 1.53. The van der Waals surface area contributed by atoms with Crippen LogP contribution in [0.3, 0.4) is 0 Å². The van der Waals surface area contributed by atoms with Gasteiger partial charge in [-0.25, -0.2) is 0 Å². The van der Waals surface area contributed by atoms with Crippen molar-refractivity contribution in [2.75, 3.05) is 0 Å². The number of hydrogen-bond acceptors (Lipinski definition) is 6. The fourth-order valence-electron chi connectivity index (χ4n) is 1.02. The topological polar surface area (TPSA) is 88.3 Å². The first-order chi connectivity index (χ1) is 6.70. The molecule has 7 heteroatoms. The van der Waals surface area contributed by atoms with Crippen molar-refractivity contribution in [3.05, 3.63) is 44.6 Å².